The number of nitrogens with two attached hydrogens (primary N) is 1. The molecule has 0 fully saturated rings. The van der Waals surface area contributed by atoms with Crippen LogP contribution in [0.4, 0.5) is 5.69 Å². The van der Waals surface area contributed by atoms with E-state index in [2.05, 4.69) is 99.1 Å². The zero-order valence-electron chi connectivity index (χ0n) is 19.2. The highest BCUT2D eigenvalue weighted by Gasteiger charge is 2.26. The minimum absolute atomic E-state index is 0.330. The summed E-state index contributed by atoms with van der Waals surface area (Å²) in [4.78, 5) is 12.8. The highest BCUT2D eigenvalue weighted by molar-refractivity contribution is 6.04. The summed E-state index contributed by atoms with van der Waals surface area (Å²) in [6.45, 7) is 0. The first-order valence-electron chi connectivity index (χ1n) is 11.8. The number of hydrogen-bond donors (Lipinski definition) is 2. The molecule has 0 amide bonds. The van der Waals surface area contributed by atoms with Gasteiger partial charge in [-0.1, -0.05) is 91.0 Å². The van der Waals surface area contributed by atoms with Crippen LogP contribution in [0.15, 0.2) is 109 Å². The van der Waals surface area contributed by atoms with Gasteiger partial charge < -0.3 is 5.32 Å². The third kappa shape index (κ3) is 4.07. The lowest BCUT2D eigenvalue weighted by molar-refractivity contribution is 0.781. The first-order chi connectivity index (χ1) is 17.3. The van der Waals surface area contributed by atoms with Crippen LogP contribution >= 0.6 is 0 Å². The minimum atomic E-state index is -0.330. The molecule has 2 aliphatic rings. The second kappa shape index (κ2) is 9.12. The van der Waals surface area contributed by atoms with Crippen molar-refractivity contribution in [3.63, 3.8) is 0 Å². The average Bonchev–Trinajstić information content (AvgIpc) is 2.93. The Morgan fingerprint density at radius 1 is 0.829 bits per heavy atom. The van der Waals surface area contributed by atoms with Crippen LogP contribution in [0.25, 0.3) is 22.0 Å². The van der Waals surface area contributed by atoms with E-state index in [1.165, 1.54) is 33.0 Å². The molecule has 0 bridgehead atoms. The van der Waals surface area contributed by atoms with Crippen molar-refractivity contribution in [2.45, 2.75) is 18.6 Å². The van der Waals surface area contributed by atoms with Gasteiger partial charge in [0.15, 0.2) is 6.29 Å². The van der Waals surface area contributed by atoms with Crippen molar-refractivity contribution in [3.05, 3.63) is 126 Å². The summed E-state index contributed by atoms with van der Waals surface area (Å²) in [7, 11) is 0. The molecule has 3 N–H and O–H groups in total. The first kappa shape index (κ1) is 21.2. The molecule has 0 saturated carbocycles. The van der Waals surface area contributed by atoms with E-state index >= 15 is 0 Å². The number of anilines is 1. The zero-order valence-corrected chi connectivity index (χ0v) is 19.2. The van der Waals surface area contributed by atoms with Gasteiger partial charge >= 0.3 is 0 Å². The summed E-state index contributed by atoms with van der Waals surface area (Å²) in [5, 5.41) is 5.59. The Hall–Kier alpha value is -4.35. The molecule has 1 aliphatic carbocycles. The Labute approximate surface area is 204 Å². The SMILES string of the molecule is NC1N=Cc2ccc3ccccc3c2N1.c1ccc(C2Cc3cncnc3-c3ccccc32)cc1. The normalized spacial score (nSPS) is 17.3. The van der Waals surface area contributed by atoms with Crippen molar-refractivity contribution in [1.82, 2.24) is 9.97 Å². The smallest absolute Gasteiger partial charge is 0.171 e. The van der Waals surface area contributed by atoms with Crippen LogP contribution in [-0.2, 0) is 6.42 Å². The summed E-state index contributed by atoms with van der Waals surface area (Å²) in [6, 6.07) is 31.7. The number of nitrogens with zero attached hydrogens (tertiary/aromatic N) is 3. The quantitative estimate of drug-likeness (QED) is 0.337. The largest absolute Gasteiger partial charge is 0.351 e. The lowest BCUT2D eigenvalue weighted by Crippen LogP contribution is -2.30. The van der Waals surface area contributed by atoms with Crippen LogP contribution in [0, 0.1) is 0 Å². The molecule has 2 unspecified atom stereocenters. The molecule has 2 heterocycles. The fourth-order valence-electron chi connectivity index (χ4n) is 4.98. The lowest BCUT2D eigenvalue weighted by atomic mass is 9.78. The van der Waals surface area contributed by atoms with E-state index in [0.29, 0.717) is 5.92 Å². The Morgan fingerprint density at radius 2 is 1.63 bits per heavy atom. The number of fused-ring (bicyclic) bond motifs is 6. The number of rotatable bonds is 1. The molecule has 5 heteroatoms. The van der Waals surface area contributed by atoms with Gasteiger partial charge in [0.05, 0.1) is 11.4 Å². The highest BCUT2D eigenvalue weighted by atomic mass is 15.2. The summed E-state index contributed by atoms with van der Waals surface area (Å²) >= 11 is 0. The number of nitrogens with one attached hydrogen (secondary N) is 1. The molecule has 170 valence electrons. The van der Waals surface area contributed by atoms with Crippen LogP contribution in [0.1, 0.15) is 28.2 Å². The van der Waals surface area contributed by atoms with Crippen LogP contribution < -0.4 is 11.1 Å². The van der Waals surface area contributed by atoms with Gasteiger partial charge in [0.1, 0.15) is 6.33 Å². The molecular formula is C30H25N5. The average molecular weight is 456 g/mol. The second-order valence-corrected chi connectivity index (χ2v) is 8.77. The molecule has 0 radical (unpaired) electrons. The molecule has 0 spiro atoms. The first-order valence-corrected chi connectivity index (χ1v) is 11.8. The third-order valence-electron chi connectivity index (χ3n) is 6.63. The molecule has 5 nitrogen and oxygen atoms in total. The third-order valence-corrected chi connectivity index (χ3v) is 6.63. The van der Waals surface area contributed by atoms with Crippen LogP contribution in [0.5, 0.6) is 0 Å². The van der Waals surface area contributed by atoms with Gasteiger partial charge in [-0.15, -0.1) is 0 Å². The maximum Gasteiger partial charge on any atom is 0.171 e. The van der Waals surface area contributed by atoms with Crippen LogP contribution in [0.2, 0.25) is 0 Å². The molecule has 0 saturated heterocycles. The summed E-state index contributed by atoms with van der Waals surface area (Å²) in [6.07, 6.45) is 6.05. The van der Waals surface area contributed by atoms with E-state index < -0.39 is 0 Å². The second-order valence-electron chi connectivity index (χ2n) is 8.77. The standard InChI is InChI=1S/C18H14N2.C12H11N3/c1-2-6-13(7-3-1)17-10-14-11-19-12-20-18(14)16-9-5-4-8-15(16)17;13-12-14-7-9-6-5-8-3-1-2-4-10(8)11(9)15-12/h1-9,11-12,17H,10H2;1-7,12,15H,13H2. The lowest BCUT2D eigenvalue weighted by Gasteiger charge is -2.27. The van der Waals surface area contributed by atoms with Gasteiger partial charge in [0.25, 0.3) is 0 Å². The highest BCUT2D eigenvalue weighted by Crippen LogP contribution is 2.41. The topological polar surface area (TPSA) is 76.2 Å². The summed E-state index contributed by atoms with van der Waals surface area (Å²) in [5.74, 6) is 0.394. The number of aliphatic imine (C=N–C) groups is 1. The fraction of sp³-hybridized carbons (Fsp3) is 0.100. The Morgan fingerprint density at radius 3 is 2.54 bits per heavy atom. The van der Waals surface area contributed by atoms with Crippen molar-refractivity contribution in [2.24, 2.45) is 10.7 Å². The number of benzene rings is 4. The van der Waals surface area contributed by atoms with Gasteiger partial charge in [0, 0.05) is 34.8 Å². The van der Waals surface area contributed by atoms with Gasteiger partial charge in [-0.25, -0.2) is 9.97 Å². The maximum absolute atomic E-state index is 5.73. The Kier molecular flexibility index (Phi) is 5.53. The van der Waals surface area contributed by atoms with Gasteiger partial charge in [-0.05, 0) is 28.5 Å². The Bertz CT molecular complexity index is 1530. The van der Waals surface area contributed by atoms with Gasteiger partial charge in [-0.3, -0.25) is 10.7 Å². The molecule has 35 heavy (non-hydrogen) atoms. The van der Waals surface area contributed by atoms with E-state index in [4.69, 9.17) is 5.73 Å². The van der Waals surface area contributed by atoms with Crippen molar-refractivity contribution in [1.29, 1.82) is 0 Å². The van der Waals surface area contributed by atoms with Crippen molar-refractivity contribution < 1.29 is 0 Å². The number of aromatic nitrogens is 2. The van der Waals surface area contributed by atoms with Crippen molar-refractivity contribution in [2.75, 3.05) is 5.32 Å². The summed E-state index contributed by atoms with van der Waals surface area (Å²) < 4.78 is 0. The molecular weight excluding hydrogens is 430 g/mol. The van der Waals surface area contributed by atoms with E-state index in [-0.39, 0.29) is 6.29 Å². The molecule has 4 aromatic carbocycles. The predicted octanol–water partition coefficient (Wildman–Crippen LogP) is 5.76. The van der Waals surface area contributed by atoms with E-state index in [1.807, 2.05) is 24.5 Å². The van der Waals surface area contributed by atoms with E-state index in [9.17, 15) is 0 Å². The van der Waals surface area contributed by atoms with Gasteiger partial charge in [0.2, 0.25) is 0 Å². The van der Waals surface area contributed by atoms with Gasteiger partial charge in [-0.2, -0.15) is 0 Å². The van der Waals surface area contributed by atoms with Crippen molar-refractivity contribution in [3.8, 4) is 11.3 Å². The Balaban J connectivity index is 0.000000136. The molecule has 2 atom stereocenters. The molecule has 1 aliphatic heterocycles. The fourth-order valence-corrected chi connectivity index (χ4v) is 4.98. The molecule has 7 rings (SSSR count). The zero-order chi connectivity index (χ0) is 23.6. The maximum atomic E-state index is 5.73. The van der Waals surface area contributed by atoms with Crippen LogP contribution in [-0.4, -0.2) is 22.5 Å². The molecule has 1 aromatic heterocycles. The molecule has 5 aromatic rings. The summed E-state index contributed by atoms with van der Waals surface area (Å²) in [5.41, 5.74) is 14.2. The minimum Gasteiger partial charge on any atom is -0.351 e. The monoisotopic (exact) mass is 455 g/mol. The van der Waals surface area contributed by atoms with E-state index in [0.717, 1.165) is 23.4 Å². The predicted molar refractivity (Wildman–Crippen MR) is 143 cm³/mol. The number of hydrogen-bond acceptors (Lipinski definition) is 5. The van der Waals surface area contributed by atoms with Crippen LogP contribution in [0.3, 0.4) is 0 Å². The van der Waals surface area contributed by atoms with Crippen molar-refractivity contribution >= 4 is 22.7 Å². The van der Waals surface area contributed by atoms with E-state index in [1.54, 1.807) is 6.33 Å².